The lowest BCUT2D eigenvalue weighted by atomic mass is 9.97. The van der Waals surface area contributed by atoms with Gasteiger partial charge in [0.15, 0.2) is 5.78 Å². The number of hydrogen-bond donors (Lipinski definition) is 0. The summed E-state index contributed by atoms with van der Waals surface area (Å²) in [6.07, 6.45) is 3.57. The molecule has 1 fully saturated rings. The maximum atomic E-state index is 13.3. The van der Waals surface area contributed by atoms with Gasteiger partial charge >= 0.3 is 0 Å². The zero-order chi connectivity index (χ0) is 23.2. The molecular weight excluding hydrogens is 412 g/mol. The summed E-state index contributed by atoms with van der Waals surface area (Å²) in [5.41, 5.74) is 3.08. The maximum Gasteiger partial charge on any atom is 0.258 e. The molecule has 0 spiro atoms. The molecule has 0 aliphatic carbocycles. The van der Waals surface area contributed by atoms with Gasteiger partial charge in [-0.3, -0.25) is 14.4 Å². The smallest absolute Gasteiger partial charge is 0.258 e. The van der Waals surface area contributed by atoms with Gasteiger partial charge in [-0.2, -0.15) is 0 Å². The van der Waals surface area contributed by atoms with E-state index in [2.05, 4.69) is 6.92 Å². The number of ketones is 1. The molecule has 0 aromatic heterocycles. The molecule has 1 aliphatic rings. The van der Waals surface area contributed by atoms with Crippen molar-refractivity contribution >= 4 is 29.0 Å². The van der Waals surface area contributed by atoms with Crippen molar-refractivity contribution in [2.45, 2.75) is 39.0 Å². The average molecular weight is 441 g/mol. The number of Topliss-reactive ketones (excluding diaryl/α,β-unsaturated/α-hetero) is 1. The van der Waals surface area contributed by atoms with E-state index in [0.29, 0.717) is 16.9 Å². The molecule has 0 N–H and O–H groups in total. The van der Waals surface area contributed by atoms with E-state index in [1.165, 1.54) is 15.6 Å². The summed E-state index contributed by atoms with van der Waals surface area (Å²) in [7, 11) is 0. The molecule has 5 nitrogen and oxygen atoms in total. The van der Waals surface area contributed by atoms with Gasteiger partial charge in [0.05, 0.1) is 11.4 Å². The van der Waals surface area contributed by atoms with Crippen LogP contribution in [0.2, 0.25) is 0 Å². The molecule has 1 saturated heterocycles. The van der Waals surface area contributed by atoms with Crippen molar-refractivity contribution in [3.8, 4) is 0 Å². The van der Waals surface area contributed by atoms with E-state index < -0.39 is 5.92 Å². The SMILES string of the molecule is CCCCc1ccc(C(=O)CCC2C(=O)N(c3ccccc3)N(c3ccccc3)C2=O)cc1. The van der Waals surface area contributed by atoms with Crippen molar-refractivity contribution in [2.75, 3.05) is 10.0 Å². The molecule has 2 amide bonds. The number of amides is 2. The van der Waals surface area contributed by atoms with Crippen molar-refractivity contribution in [1.82, 2.24) is 0 Å². The van der Waals surface area contributed by atoms with Gasteiger partial charge < -0.3 is 0 Å². The topological polar surface area (TPSA) is 57.7 Å². The molecule has 4 rings (SSSR count). The van der Waals surface area contributed by atoms with Gasteiger partial charge in [-0.05, 0) is 49.1 Å². The number of rotatable bonds is 9. The normalized spacial score (nSPS) is 14.2. The summed E-state index contributed by atoms with van der Waals surface area (Å²) in [4.78, 5) is 39.5. The number of nitrogens with zero attached hydrogens (tertiary/aromatic N) is 2. The number of carbonyl (C=O) groups is 3. The number of para-hydroxylation sites is 2. The fourth-order valence-electron chi connectivity index (χ4n) is 4.13. The van der Waals surface area contributed by atoms with Crippen molar-refractivity contribution in [2.24, 2.45) is 5.92 Å². The number of benzene rings is 3. The Morgan fingerprint density at radius 1 is 0.758 bits per heavy atom. The van der Waals surface area contributed by atoms with Gasteiger partial charge in [0.2, 0.25) is 0 Å². The molecule has 3 aromatic rings. The molecule has 0 atom stereocenters. The highest BCUT2D eigenvalue weighted by atomic mass is 16.2. The Bertz CT molecular complexity index is 1050. The highest BCUT2D eigenvalue weighted by Crippen LogP contribution is 2.33. The van der Waals surface area contributed by atoms with E-state index in [0.717, 1.165) is 19.3 Å². The molecular formula is C28H28N2O3. The number of hydrogen-bond acceptors (Lipinski definition) is 3. The van der Waals surface area contributed by atoms with Crippen LogP contribution in [0.5, 0.6) is 0 Å². The summed E-state index contributed by atoms with van der Waals surface area (Å²) in [5, 5.41) is 2.85. The van der Waals surface area contributed by atoms with Gasteiger partial charge in [0.1, 0.15) is 5.92 Å². The third-order valence-corrected chi connectivity index (χ3v) is 5.97. The van der Waals surface area contributed by atoms with Crippen LogP contribution in [0, 0.1) is 5.92 Å². The first-order chi connectivity index (χ1) is 16.1. The summed E-state index contributed by atoms with van der Waals surface area (Å²) in [5.74, 6) is -1.56. The minimum atomic E-state index is -0.891. The van der Waals surface area contributed by atoms with Gasteiger partial charge in [0, 0.05) is 12.0 Å². The minimum Gasteiger partial charge on any atom is -0.294 e. The summed E-state index contributed by atoms with van der Waals surface area (Å²) in [6, 6.07) is 25.9. The maximum absolute atomic E-state index is 13.3. The van der Waals surface area contributed by atoms with Crippen molar-refractivity contribution in [3.05, 3.63) is 96.1 Å². The lowest BCUT2D eigenvalue weighted by molar-refractivity contribution is -0.127. The Morgan fingerprint density at radius 3 is 1.76 bits per heavy atom. The van der Waals surface area contributed by atoms with Gasteiger partial charge in [-0.15, -0.1) is 0 Å². The van der Waals surface area contributed by atoms with Gasteiger partial charge in [-0.25, -0.2) is 10.0 Å². The molecule has 1 heterocycles. The monoisotopic (exact) mass is 440 g/mol. The minimum absolute atomic E-state index is 0.0536. The zero-order valence-corrected chi connectivity index (χ0v) is 18.8. The molecule has 1 aliphatic heterocycles. The van der Waals surface area contributed by atoms with Gasteiger partial charge in [-0.1, -0.05) is 74.0 Å². The van der Waals surface area contributed by atoms with Crippen LogP contribution in [0.15, 0.2) is 84.9 Å². The van der Waals surface area contributed by atoms with Crippen LogP contribution in [0.25, 0.3) is 0 Å². The van der Waals surface area contributed by atoms with Crippen LogP contribution in [0.3, 0.4) is 0 Å². The summed E-state index contributed by atoms with van der Waals surface area (Å²) < 4.78 is 0. The summed E-state index contributed by atoms with van der Waals surface area (Å²) in [6.45, 7) is 2.15. The van der Waals surface area contributed by atoms with E-state index in [4.69, 9.17) is 0 Å². The third kappa shape index (κ3) is 4.87. The third-order valence-electron chi connectivity index (χ3n) is 5.97. The molecule has 33 heavy (non-hydrogen) atoms. The Kier molecular flexibility index (Phi) is 6.98. The van der Waals surface area contributed by atoms with Crippen LogP contribution < -0.4 is 10.0 Å². The highest BCUT2D eigenvalue weighted by Gasteiger charge is 2.46. The van der Waals surface area contributed by atoms with Crippen LogP contribution in [-0.4, -0.2) is 17.6 Å². The second-order valence-corrected chi connectivity index (χ2v) is 8.29. The van der Waals surface area contributed by atoms with Crippen LogP contribution >= 0.6 is 0 Å². The highest BCUT2D eigenvalue weighted by molar-refractivity contribution is 6.23. The van der Waals surface area contributed by atoms with E-state index >= 15 is 0 Å². The number of carbonyl (C=O) groups excluding carboxylic acids is 3. The Morgan fingerprint density at radius 2 is 1.27 bits per heavy atom. The predicted molar refractivity (Wildman–Crippen MR) is 130 cm³/mol. The number of hydrazine groups is 1. The van der Waals surface area contributed by atoms with Crippen molar-refractivity contribution in [3.63, 3.8) is 0 Å². The fraction of sp³-hybridized carbons (Fsp3) is 0.250. The standard InChI is InChI=1S/C28H28N2O3/c1-2-3-10-21-15-17-22(18-16-21)26(31)20-19-25-27(32)29(23-11-6-4-7-12-23)30(28(25)33)24-13-8-5-9-14-24/h4-9,11-18,25H,2-3,10,19-20H2,1H3. The first-order valence-corrected chi connectivity index (χ1v) is 11.5. The lowest BCUT2D eigenvalue weighted by Gasteiger charge is -2.27. The molecule has 5 heteroatoms. The van der Waals surface area contributed by atoms with E-state index in [1.807, 2.05) is 60.7 Å². The quantitative estimate of drug-likeness (QED) is 0.321. The zero-order valence-electron chi connectivity index (χ0n) is 18.8. The van der Waals surface area contributed by atoms with E-state index in [9.17, 15) is 14.4 Å². The van der Waals surface area contributed by atoms with Crippen LogP contribution in [-0.2, 0) is 16.0 Å². The number of anilines is 2. The molecule has 0 bridgehead atoms. The second-order valence-electron chi connectivity index (χ2n) is 8.29. The second kappa shape index (κ2) is 10.3. The Balaban J connectivity index is 1.51. The van der Waals surface area contributed by atoms with Crippen molar-refractivity contribution < 1.29 is 14.4 Å². The predicted octanol–water partition coefficient (Wildman–Crippen LogP) is 5.60. The summed E-state index contributed by atoms with van der Waals surface area (Å²) >= 11 is 0. The molecule has 0 radical (unpaired) electrons. The molecule has 3 aromatic carbocycles. The van der Waals surface area contributed by atoms with E-state index in [1.54, 1.807) is 24.3 Å². The van der Waals surface area contributed by atoms with E-state index in [-0.39, 0.29) is 30.4 Å². The Hall–Kier alpha value is -3.73. The Labute approximate surface area is 194 Å². The average Bonchev–Trinajstić information content (AvgIpc) is 3.11. The molecule has 168 valence electrons. The first-order valence-electron chi connectivity index (χ1n) is 11.5. The number of aryl methyl sites for hydroxylation is 1. The largest absolute Gasteiger partial charge is 0.294 e. The lowest BCUT2D eigenvalue weighted by Crippen LogP contribution is -2.41. The fourth-order valence-corrected chi connectivity index (χ4v) is 4.13. The first kappa shape index (κ1) is 22.5. The van der Waals surface area contributed by atoms with Gasteiger partial charge in [0.25, 0.3) is 11.8 Å². The number of unbranched alkanes of at least 4 members (excludes halogenated alkanes) is 1. The molecule has 0 saturated carbocycles. The van der Waals surface area contributed by atoms with Crippen LogP contribution in [0.4, 0.5) is 11.4 Å². The van der Waals surface area contributed by atoms with Crippen LogP contribution in [0.1, 0.15) is 48.5 Å². The van der Waals surface area contributed by atoms with Crippen molar-refractivity contribution in [1.29, 1.82) is 0 Å². The molecule has 0 unspecified atom stereocenters.